The predicted molar refractivity (Wildman–Crippen MR) is 228 cm³/mol. The van der Waals surface area contributed by atoms with E-state index in [1.807, 2.05) is 73.9 Å². The van der Waals surface area contributed by atoms with Gasteiger partial charge in [0.15, 0.2) is 0 Å². The van der Waals surface area contributed by atoms with E-state index in [1.165, 1.54) is 7.11 Å². The fourth-order valence-electron chi connectivity index (χ4n) is 9.88. The van der Waals surface area contributed by atoms with Gasteiger partial charge in [0.1, 0.15) is 23.7 Å². The molecule has 15 nitrogen and oxygen atoms in total. The lowest BCUT2D eigenvalue weighted by Crippen LogP contribution is -2.52. The molecule has 0 radical (unpaired) electrons. The number of piperidine rings is 2. The second-order valence-corrected chi connectivity index (χ2v) is 18.0. The minimum absolute atomic E-state index is 0.105. The zero-order valence-corrected chi connectivity index (χ0v) is 34.7. The molecule has 3 aromatic heterocycles. The smallest absolute Gasteiger partial charge is 0.407 e. The van der Waals surface area contributed by atoms with Crippen LogP contribution in [-0.2, 0) is 14.3 Å². The minimum atomic E-state index is -1.20. The van der Waals surface area contributed by atoms with Crippen molar-refractivity contribution in [3.63, 3.8) is 0 Å². The number of carbonyl (C=O) groups is 4. The highest BCUT2D eigenvalue weighted by Crippen LogP contribution is 2.54. The second-order valence-electron chi connectivity index (χ2n) is 18.0. The van der Waals surface area contributed by atoms with Crippen LogP contribution in [0.1, 0.15) is 77.1 Å². The number of amides is 4. The number of likely N-dealkylation sites (tertiary alicyclic amines) is 2. The Hall–Kier alpha value is -6.51. The summed E-state index contributed by atoms with van der Waals surface area (Å²) < 4.78 is 4.81. The summed E-state index contributed by atoms with van der Waals surface area (Å²) in [6.45, 7) is 7.54. The van der Waals surface area contributed by atoms with E-state index in [1.54, 1.807) is 0 Å². The molecular weight excluding hydrogens is 775 g/mol. The van der Waals surface area contributed by atoms with Gasteiger partial charge in [-0.1, -0.05) is 52.0 Å². The molecule has 4 amide bonds. The number of rotatable bonds is 10. The third kappa shape index (κ3) is 6.89. The lowest BCUT2D eigenvalue weighted by molar-refractivity contribution is -0.137. The van der Waals surface area contributed by atoms with E-state index < -0.39 is 24.3 Å². The maximum absolute atomic E-state index is 13.9. The van der Waals surface area contributed by atoms with E-state index in [4.69, 9.17) is 19.7 Å². The molecule has 61 heavy (non-hydrogen) atoms. The molecule has 6 aromatic rings. The third-order valence-corrected chi connectivity index (χ3v) is 13.3. The van der Waals surface area contributed by atoms with Crippen molar-refractivity contribution in [1.29, 1.82) is 0 Å². The molecule has 2 saturated carbocycles. The molecule has 0 unspecified atom stereocenters. The van der Waals surface area contributed by atoms with E-state index in [0.29, 0.717) is 17.7 Å². The molecule has 10 rings (SSSR count). The van der Waals surface area contributed by atoms with Crippen LogP contribution in [0, 0.1) is 23.7 Å². The summed E-state index contributed by atoms with van der Waals surface area (Å²) in [6, 6.07) is 20.8. The van der Waals surface area contributed by atoms with E-state index in [-0.39, 0.29) is 47.8 Å². The van der Waals surface area contributed by atoms with E-state index >= 15 is 0 Å². The fraction of sp³-hybridized carbons (Fsp3) is 0.413. The van der Waals surface area contributed by atoms with Crippen molar-refractivity contribution in [2.24, 2.45) is 23.7 Å². The van der Waals surface area contributed by atoms with Crippen molar-refractivity contribution in [1.82, 2.24) is 45.4 Å². The number of aromatic nitrogens is 5. The number of ether oxygens (including phenoxy) is 1. The highest BCUT2D eigenvalue weighted by atomic mass is 16.5. The number of methoxy groups -OCH3 is 1. The largest absolute Gasteiger partial charge is 0.465 e. The highest BCUT2D eigenvalue weighted by molar-refractivity contribution is 5.91. The van der Waals surface area contributed by atoms with Gasteiger partial charge in [0.2, 0.25) is 11.8 Å². The molecule has 8 atom stereocenters. The number of carboxylic acid groups (broad SMARTS) is 1. The number of pyridine rings is 1. The Labute approximate surface area is 351 Å². The first kappa shape index (κ1) is 38.7. The Morgan fingerprint density at radius 2 is 1.16 bits per heavy atom. The Morgan fingerprint density at radius 1 is 0.656 bits per heavy atom. The number of nitrogens with zero attached hydrogens (tertiary/aromatic N) is 5. The van der Waals surface area contributed by atoms with Crippen molar-refractivity contribution in [2.45, 2.75) is 89.6 Å². The minimum Gasteiger partial charge on any atom is -0.465 e. The van der Waals surface area contributed by atoms with E-state index in [2.05, 4.69) is 50.9 Å². The van der Waals surface area contributed by atoms with Crippen LogP contribution in [0.3, 0.4) is 0 Å². The summed E-state index contributed by atoms with van der Waals surface area (Å²) in [6.07, 6.45) is 1.71. The van der Waals surface area contributed by atoms with Crippen LogP contribution in [-0.4, -0.2) is 95.1 Å². The van der Waals surface area contributed by atoms with Crippen LogP contribution in [0.25, 0.3) is 55.4 Å². The SMILES string of the molecule is COC(=O)N[C@H](C(=O)N1[C@@H]2C[C@H]2C[C@H]1c1nc2ccc(-c3ccc4nc(-c5ccc6nc([C@@H]7C[C@H]8C[C@H]8N7C(=O)[C@@H](NC(=O)O)C(C)C)[nH]c6c5)ccc4c3)cc2[nH]1)C(C)C. The van der Waals surface area contributed by atoms with Gasteiger partial charge in [0.05, 0.1) is 52.5 Å². The molecule has 5 N–H and O–H groups in total. The first-order valence-electron chi connectivity index (χ1n) is 21.2. The van der Waals surface area contributed by atoms with Gasteiger partial charge in [0.25, 0.3) is 0 Å². The summed E-state index contributed by atoms with van der Waals surface area (Å²) in [5.41, 5.74) is 8.02. The maximum atomic E-state index is 13.9. The molecular formula is C46H49N9O6. The Bertz CT molecular complexity index is 2760. The average Bonchev–Trinajstić information content (AvgIpc) is 3.91. The maximum Gasteiger partial charge on any atom is 0.407 e. The normalized spacial score (nSPS) is 23.7. The summed E-state index contributed by atoms with van der Waals surface area (Å²) in [4.78, 5) is 77.0. The number of aromatic amines is 2. The molecule has 314 valence electrons. The Kier molecular flexibility index (Phi) is 9.25. The number of imidazole rings is 2. The van der Waals surface area contributed by atoms with Crippen molar-refractivity contribution >= 4 is 57.0 Å². The van der Waals surface area contributed by atoms with Crippen LogP contribution >= 0.6 is 0 Å². The fourth-order valence-corrected chi connectivity index (χ4v) is 9.88. The monoisotopic (exact) mass is 823 g/mol. The first-order chi connectivity index (χ1) is 29.3. The van der Waals surface area contributed by atoms with Crippen LogP contribution < -0.4 is 10.6 Å². The quantitative estimate of drug-likeness (QED) is 0.0940. The lowest BCUT2D eigenvalue weighted by atomic mass is 10.0. The van der Waals surface area contributed by atoms with Gasteiger partial charge >= 0.3 is 12.2 Å². The van der Waals surface area contributed by atoms with Gasteiger partial charge in [-0.3, -0.25) is 9.59 Å². The standard InChI is InChI=1S/C46H49N9O6/c1-21(2)39(52-45(58)59)43(56)54-35-17-27(35)19-37(54)42-49-32-13-9-26(16-34(32)51-42)30-11-8-25-14-23(6-10-29(25)47-30)24-7-12-31-33(15-24)50-41(48-31)38-20-28-18-36(28)55(38)44(57)40(22(3)4)53-46(60)61-5/h6-16,21-22,27-28,35-40,52H,17-20H2,1-5H3,(H,48,50)(H,49,51)(H,53,60)(H,58,59)/t27-,28+,35-,36-,37+,38+,39+,40+/m1/s1. The van der Waals surface area contributed by atoms with Gasteiger partial charge in [-0.2, -0.15) is 0 Å². The molecule has 3 aromatic carbocycles. The summed E-state index contributed by atoms with van der Waals surface area (Å²) in [7, 11) is 1.30. The van der Waals surface area contributed by atoms with Crippen LogP contribution in [0.2, 0.25) is 0 Å². The molecule has 15 heteroatoms. The van der Waals surface area contributed by atoms with Crippen molar-refractivity contribution < 1.29 is 29.0 Å². The topological polar surface area (TPSA) is 199 Å². The number of benzene rings is 3. The van der Waals surface area contributed by atoms with Gasteiger partial charge < -0.3 is 40.2 Å². The molecule has 2 saturated heterocycles. The predicted octanol–water partition coefficient (Wildman–Crippen LogP) is 7.32. The van der Waals surface area contributed by atoms with E-state index in [0.717, 1.165) is 86.9 Å². The number of nitrogens with one attached hydrogen (secondary N) is 4. The molecule has 2 aliphatic carbocycles. The first-order valence-corrected chi connectivity index (χ1v) is 21.2. The zero-order valence-electron chi connectivity index (χ0n) is 34.7. The van der Waals surface area contributed by atoms with Gasteiger partial charge in [0, 0.05) is 23.0 Å². The summed E-state index contributed by atoms with van der Waals surface area (Å²) in [5, 5.41) is 15.6. The van der Waals surface area contributed by atoms with Gasteiger partial charge in [-0.25, -0.2) is 24.5 Å². The molecule has 2 aliphatic heterocycles. The van der Waals surface area contributed by atoms with Crippen LogP contribution in [0.15, 0.2) is 66.7 Å². The Balaban J connectivity index is 0.872. The number of carbonyl (C=O) groups excluding carboxylic acids is 3. The number of alkyl carbamates (subject to hydrolysis) is 1. The third-order valence-electron chi connectivity index (χ3n) is 13.3. The zero-order chi connectivity index (χ0) is 42.4. The van der Waals surface area contributed by atoms with Crippen molar-refractivity contribution in [3.8, 4) is 22.4 Å². The molecule has 0 bridgehead atoms. The number of hydrogen-bond donors (Lipinski definition) is 5. The molecule has 4 aliphatic rings. The number of fused-ring (bicyclic) bond motifs is 5. The van der Waals surface area contributed by atoms with Crippen molar-refractivity contribution in [2.75, 3.05) is 7.11 Å². The Morgan fingerprint density at radius 3 is 1.70 bits per heavy atom. The molecule has 0 spiro atoms. The number of hydrogen-bond acceptors (Lipinski definition) is 8. The van der Waals surface area contributed by atoms with Crippen LogP contribution in [0.5, 0.6) is 0 Å². The highest BCUT2D eigenvalue weighted by Gasteiger charge is 2.57. The van der Waals surface area contributed by atoms with Crippen molar-refractivity contribution in [3.05, 3.63) is 78.4 Å². The summed E-state index contributed by atoms with van der Waals surface area (Å²) >= 11 is 0. The number of H-pyrrole nitrogens is 2. The second kappa shape index (κ2) is 14.6. The van der Waals surface area contributed by atoms with Gasteiger partial charge in [-0.05, 0) is 103 Å². The molecule has 5 heterocycles. The lowest BCUT2D eigenvalue weighted by Gasteiger charge is -2.31. The average molecular weight is 824 g/mol. The molecule has 4 fully saturated rings. The van der Waals surface area contributed by atoms with Crippen LogP contribution in [0.4, 0.5) is 9.59 Å². The van der Waals surface area contributed by atoms with E-state index in [9.17, 15) is 24.3 Å². The van der Waals surface area contributed by atoms with Gasteiger partial charge in [-0.15, -0.1) is 0 Å². The summed E-state index contributed by atoms with van der Waals surface area (Å²) in [5.74, 6) is 1.71.